The molecular weight excluding hydrogens is 352 g/mol. The number of carbonyl (C=O) groups is 2. The summed E-state index contributed by atoms with van der Waals surface area (Å²) >= 11 is 0. The fourth-order valence-corrected chi connectivity index (χ4v) is 5.52. The Bertz CT molecular complexity index is 808. The number of aryl methyl sites for hydroxylation is 1. The first-order valence-electron chi connectivity index (χ1n) is 9.18. The number of nitrogens with one attached hydrogen (secondary N) is 1. The molecule has 1 aliphatic heterocycles. The first-order valence-corrected chi connectivity index (χ1v) is 10.7. The summed E-state index contributed by atoms with van der Waals surface area (Å²) in [5, 5.41) is 0. The highest BCUT2D eigenvalue weighted by atomic mass is 32.2. The van der Waals surface area contributed by atoms with E-state index in [0.29, 0.717) is 11.1 Å². The molecule has 1 heterocycles. The quantitative estimate of drug-likeness (QED) is 0.797. The molecule has 142 valence electrons. The standard InChI is InChI=1S/C19H26N2O4S/c1-12(2)20-26(24,25)17-10-14(9-8-13(17)3)11-21-18(22)15-6-4-5-7-16(15)19(21)23/h8-10,12,15-16,20H,4-7,11H2,1-3H3. The molecule has 0 aromatic heterocycles. The van der Waals surface area contributed by atoms with Gasteiger partial charge in [0.05, 0.1) is 23.3 Å². The smallest absolute Gasteiger partial charge is 0.241 e. The van der Waals surface area contributed by atoms with Crippen LogP contribution in [0.3, 0.4) is 0 Å². The minimum Gasteiger partial charge on any atom is -0.278 e. The Morgan fingerprint density at radius 3 is 2.23 bits per heavy atom. The molecule has 2 atom stereocenters. The lowest BCUT2D eigenvalue weighted by atomic mass is 9.81. The molecule has 2 aliphatic rings. The van der Waals surface area contributed by atoms with Gasteiger partial charge >= 0.3 is 0 Å². The normalized spacial score (nSPS) is 23.6. The maximum atomic E-state index is 12.6. The van der Waals surface area contributed by atoms with Crippen molar-refractivity contribution < 1.29 is 18.0 Å². The van der Waals surface area contributed by atoms with Crippen LogP contribution in [-0.2, 0) is 26.2 Å². The van der Waals surface area contributed by atoms with E-state index in [0.717, 1.165) is 25.7 Å². The van der Waals surface area contributed by atoms with Crippen LogP contribution in [0, 0.1) is 18.8 Å². The van der Waals surface area contributed by atoms with Crippen molar-refractivity contribution in [1.29, 1.82) is 0 Å². The molecule has 7 heteroatoms. The Kier molecular flexibility index (Phi) is 5.21. The summed E-state index contributed by atoms with van der Waals surface area (Å²) in [5.41, 5.74) is 1.29. The van der Waals surface area contributed by atoms with Gasteiger partial charge in [0.1, 0.15) is 0 Å². The van der Waals surface area contributed by atoms with Crippen molar-refractivity contribution in [3.63, 3.8) is 0 Å². The van der Waals surface area contributed by atoms with E-state index in [2.05, 4.69) is 4.72 Å². The number of hydrogen-bond donors (Lipinski definition) is 1. The van der Waals surface area contributed by atoms with Gasteiger partial charge in [0.15, 0.2) is 0 Å². The maximum Gasteiger partial charge on any atom is 0.241 e. The Labute approximate surface area is 155 Å². The predicted octanol–water partition coefficient (Wildman–Crippen LogP) is 2.36. The third-order valence-corrected chi connectivity index (χ3v) is 7.01. The van der Waals surface area contributed by atoms with Crippen LogP contribution in [0.4, 0.5) is 0 Å². The molecule has 1 N–H and O–H groups in total. The average Bonchev–Trinajstić information content (AvgIpc) is 2.80. The molecular formula is C19H26N2O4S. The summed E-state index contributed by atoms with van der Waals surface area (Å²) in [4.78, 5) is 26.8. The van der Waals surface area contributed by atoms with Crippen molar-refractivity contribution in [2.24, 2.45) is 11.8 Å². The second-order valence-corrected chi connectivity index (χ2v) is 9.32. The van der Waals surface area contributed by atoms with Crippen molar-refractivity contribution in [3.8, 4) is 0 Å². The highest BCUT2D eigenvalue weighted by molar-refractivity contribution is 7.89. The number of sulfonamides is 1. The van der Waals surface area contributed by atoms with Crippen molar-refractivity contribution in [1.82, 2.24) is 9.62 Å². The Morgan fingerprint density at radius 1 is 1.12 bits per heavy atom. The van der Waals surface area contributed by atoms with Gasteiger partial charge < -0.3 is 0 Å². The van der Waals surface area contributed by atoms with Crippen LogP contribution >= 0.6 is 0 Å². The average molecular weight is 378 g/mol. The Morgan fingerprint density at radius 2 is 1.69 bits per heavy atom. The van der Waals surface area contributed by atoms with Gasteiger partial charge in [-0.2, -0.15) is 0 Å². The van der Waals surface area contributed by atoms with Gasteiger partial charge in [-0.3, -0.25) is 14.5 Å². The number of amides is 2. The summed E-state index contributed by atoms with van der Waals surface area (Å²) in [6, 6.07) is 4.87. The molecule has 1 aromatic carbocycles. The molecule has 1 saturated carbocycles. The fraction of sp³-hybridized carbons (Fsp3) is 0.579. The zero-order valence-corrected chi connectivity index (χ0v) is 16.3. The first-order chi connectivity index (χ1) is 12.2. The summed E-state index contributed by atoms with van der Waals surface area (Å²) in [5.74, 6) is -0.588. The van der Waals surface area contributed by atoms with E-state index < -0.39 is 10.0 Å². The fourth-order valence-electron chi connectivity index (χ4n) is 3.98. The zero-order valence-electron chi connectivity index (χ0n) is 15.5. The van der Waals surface area contributed by atoms with Gasteiger partial charge in [-0.15, -0.1) is 0 Å². The molecule has 1 aromatic rings. The van der Waals surface area contributed by atoms with Gasteiger partial charge in [0, 0.05) is 6.04 Å². The Balaban J connectivity index is 1.86. The van der Waals surface area contributed by atoms with E-state index in [9.17, 15) is 18.0 Å². The second-order valence-electron chi connectivity index (χ2n) is 7.64. The monoisotopic (exact) mass is 378 g/mol. The molecule has 2 fully saturated rings. The highest BCUT2D eigenvalue weighted by Gasteiger charge is 2.47. The second kappa shape index (κ2) is 7.12. The molecule has 1 aliphatic carbocycles. The molecule has 0 radical (unpaired) electrons. The number of imide groups is 1. The lowest BCUT2D eigenvalue weighted by Crippen LogP contribution is -2.32. The number of fused-ring (bicyclic) bond motifs is 1. The summed E-state index contributed by atoms with van der Waals surface area (Å²) in [7, 11) is -3.63. The number of carbonyl (C=O) groups excluding carboxylic acids is 2. The molecule has 6 nitrogen and oxygen atoms in total. The minimum atomic E-state index is -3.63. The van der Waals surface area contributed by atoms with Gasteiger partial charge in [-0.25, -0.2) is 13.1 Å². The molecule has 3 rings (SSSR count). The van der Waals surface area contributed by atoms with Crippen LogP contribution < -0.4 is 4.72 Å². The van der Waals surface area contributed by atoms with Crippen LogP contribution in [0.2, 0.25) is 0 Å². The molecule has 0 spiro atoms. The van der Waals surface area contributed by atoms with E-state index in [1.807, 2.05) is 0 Å². The SMILES string of the molecule is Cc1ccc(CN2C(=O)C3CCCCC3C2=O)cc1S(=O)(=O)NC(C)C. The van der Waals surface area contributed by atoms with E-state index in [-0.39, 0.29) is 41.1 Å². The van der Waals surface area contributed by atoms with Crippen LogP contribution in [0.1, 0.15) is 50.7 Å². The summed E-state index contributed by atoms with van der Waals surface area (Å²) in [6.07, 6.45) is 3.53. The van der Waals surface area contributed by atoms with E-state index in [4.69, 9.17) is 0 Å². The van der Waals surface area contributed by atoms with Gasteiger partial charge in [0.2, 0.25) is 21.8 Å². The van der Waals surface area contributed by atoms with Crippen molar-refractivity contribution in [3.05, 3.63) is 29.3 Å². The molecule has 2 amide bonds. The van der Waals surface area contributed by atoms with Crippen molar-refractivity contribution >= 4 is 21.8 Å². The summed E-state index contributed by atoms with van der Waals surface area (Å²) < 4.78 is 27.6. The number of rotatable bonds is 5. The number of benzene rings is 1. The number of likely N-dealkylation sites (tertiary alicyclic amines) is 1. The molecule has 2 unspecified atom stereocenters. The maximum absolute atomic E-state index is 12.6. The van der Waals surface area contributed by atoms with Crippen LogP contribution in [0.15, 0.2) is 23.1 Å². The molecule has 1 saturated heterocycles. The lowest BCUT2D eigenvalue weighted by molar-refractivity contribution is -0.140. The molecule has 26 heavy (non-hydrogen) atoms. The van der Waals surface area contributed by atoms with Gasteiger partial charge in [-0.1, -0.05) is 25.0 Å². The topological polar surface area (TPSA) is 83.6 Å². The van der Waals surface area contributed by atoms with Crippen LogP contribution in [0.5, 0.6) is 0 Å². The predicted molar refractivity (Wildman–Crippen MR) is 97.6 cm³/mol. The highest BCUT2D eigenvalue weighted by Crippen LogP contribution is 2.38. The van der Waals surface area contributed by atoms with E-state index >= 15 is 0 Å². The molecule has 0 bridgehead atoms. The van der Waals surface area contributed by atoms with Crippen LogP contribution in [0.25, 0.3) is 0 Å². The minimum absolute atomic E-state index is 0.106. The van der Waals surface area contributed by atoms with Crippen LogP contribution in [-0.4, -0.2) is 31.2 Å². The lowest BCUT2D eigenvalue weighted by Gasteiger charge is -2.19. The largest absolute Gasteiger partial charge is 0.278 e. The number of hydrogen-bond acceptors (Lipinski definition) is 4. The van der Waals surface area contributed by atoms with E-state index in [1.165, 1.54) is 4.90 Å². The van der Waals surface area contributed by atoms with Crippen molar-refractivity contribution in [2.75, 3.05) is 0 Å². The van der Waals surface area contributed by atoms with Gasteiger partial charge in [0.25, 0.3) is 0 Å². The Hall–Kier alpha value is -1.73. The van der Waals surface area contributed by atoms with Crippen molar-refractivity contribution in [2.45, 2.75) is 63.9 Å². The van der Waals surface area contributed by atoms with E-state index in [1.54, 1.807) is 39.0 Å². The number of nitrogens with zero attached hydrogens (tertiary/aromatic N) is 1. The zero-order chi connectivity index (χ0) is 19.1. The third kappa shape index (κ3) is 3.55. The first kappa shape index (κ1) is 19.0. The third-order valence-electron chi connectivity index (χ3n) is 5.21. The summed E-state index contributed by atoms with van der Waals surface area (Å²) in [6.45, 7) is 5.40. The van der Waals surface area contributed by atoms with Gasteiger partial charge in [-0.05, 0) is 50.8 Å².